The van der Waals surface area contributed by atoms with E-state index in [2.05, 4.69) is 26.6 Å². The number of benzene rings is 1. The van der Waals surface area contributed by atoms with Gasteiger partial charge >= 0.3 is 0 Å². The van der Waals surface area contributed by atoms with E-state index in [1.807, 2.05) is 25.2 Å². The summed E-state index contributed by atoms with van der Waals surface area (Å²) in [6, 6.07) is 8.12. The van der Waals surface area contributed by atoms with E-state index < -0.39 is 0 Å². The Balaban J connectivity index is 1.93. The molecule has 4 heteroatoms. The molecule has 0 saturated heterocycles. The van der Waals surface area contributed by atoms with Gasteiger partial charge in [-0.3, -0.25) is 5.10 Å². The molecule has 0 unspecified atom stereocenters. The number of hydrogen-bond acceptors (Lipinski definition) is 3. The molecule has 0 atom stereocenters. The van der Waals surface area contributed by atoms with E-state index in [4.69, 9.17) is 0 Å². The first-order valence-corrected chi connectivity index (χ1v) is 5.57. The Morgan fingerprint density at radius 1 is 1.38 bits per heavy atom. The van der Waals surface area contributed by atoms with Crippen molar-refractivity contribution in [2.75, 3.05) is 12.4 Å². The molecule has 1 saturated carbocycles. The third kappa shape index (κ3) is 1.66. The van der Waals surface area contributed by atoms with Gasteiger partial charge in [-0.15, -0.1) is 0 Å². The summed E-state index contributed by atoms with van der Waals surface area (Å²) in [6.45, 7) is 0. The highest BCUT2D eigenvalue weighted by molar-refractivity contribution is 5.62. The SMILES string of the molecule is CNc1cccc(-c2n[nH]c(C3CC3)n2)c1. The summed E-state index contributed by atoms with van der Waals surface area (Å²) in [5.74, 6) is 2.44. The van der Waals surface area contributed by atoms with Gasteiger partial charge in [-0.2, -0.15) is 5.10 Å². The van der Waals surface area contributed by atoms with Crippen LogP contribution in [0, 0.1) is 0 Å². The van der Waals surface area contributed by atoms with Crippen LogP contribution >= 0.6 is 0 Å². The molecule has 1 fully saturated rings. The van der Waals surface area contributed by atoms with Crippen molar-refractivity contribution < 1.29 is 0 Å². The smallest absolute Gasteiger partial charge is 0.181 e. The van der Waals surface area contributed by atoms with Crippen LogP contribution in [0.15, 0.2) is 24.3 Å². The first-order valence-electron chi connectivity index (χ1n) is 5.57. The monoisotopic (exact) mass is 214 g/mol. The van der Waals surface area contributed by atoms with E-state index in [-0.39, 0.29) is 0 Å². The largest absolute Gasteiger partial charge is 0.388 e. The lowest BCUT2D eigenvalue weighted by Crippen LogP contribution is -1.88. The van der Waals surface area contributed by atoms with Crippen molar-refractivity contribution in [1.82, 2.24) is 15.2 Å². The zero-order valence-corrected chi connectivity index (χ0v) is 9.20. The zero-order valence-electron chi connectivity index (χ0n) is 9.20. The second-order valence-electron chi connectivity index (χ2n) is 4.15. The molecule has 0 aliphatic heterocycles. The molecule has 2 N–H and O–H groups in total. The lowest BCUT2D eigenvalue weighted by Gasteiger charge is -2.00. The predicted octanol–water partition coefficient (Wildman–Crippen LogP) is 2.39. The number of rotatable bonds is 3. The topological polar surface area (TPSA) is 53.6 Å². The van der Waals surface area contributed by atoms with Gasteiger partial charge in [0.05, 0.1) is 0 Å². The van der Waals surface area contributed by atoms with E-state index in [0.717, 1.165) is 22.9 Å². The van der Waals surface area contributed by atoms with Crippen molar-refractivity contribution in [2.45, 2.75) is 18.8 Å². The molecule has 0 spiro atoms. The summed E-state index contributed by atoms with van der Waals surface area (Å²) in [4.78, 5) is 4.52. The van der Waals surface area contributed by atoms with Crippen molar-refractivity contribution >= 4 is 5.69 Å². The second-order valence-corrected chi connectivity index (χ2v) is 4.15. The zero-order chi connectivity index (χ0) is 11.0. The lowest BCUT2D eigenvalue weighted by atomic mass is 10.2. The molecule has 0 radical (unpaired) electrons. The molecule has 2 aromatic rings. The fourth-order valence-electron chi connectivity index (χ4n) is 1.76. The molecule has 4 nitrogen and oxygen atoms in total. The standard InChI is InChI=1S/C12H14N4/c1-13-10-4-2-3-9(7-10)12-14-11(15-16-12)8-5-6-8/h2-4,7-8,13H,5-6H2,1H3,(H,14,15,16). The molecule has 1 heterocycles. The van der Waals surface area contributed by atoms with Gasteiger partial charge < -0.3 is 5.32 Å². The van der Waals surface area contributed by atoms with Gasteiger partial charge in [-0.05, 0) is 25.0 Å². The maximum atomic E-state index is 4.52. The number of nitrogens with zero attached hydrogens (tertiary/aromatic N) is 2. The minimum absolute atomic E-state index is 0.619. The summed E-state index contributed by atoms with van der Waals surface area (Å²) < 4.78 is 0. The number of anilines is 1. The highest BCUT2D eigenvalue weighted by Crippen LogP contribution is 2.38. The summed E-state index contributed by atoms with van der Waals surface area (Å²) in [5.41, 5.74) is 2.13. The Hall–Kier alpha value is -1.84. The summed E-state index contributed by atoms with van der Waals surface area (Å²) in [7, 11) is 1.91. The van der Waals surface area contributed by atoms with Gasteiger partial charge in [0.1, 0.15) is 5.82 Å². The maximum absolute atomic E-state index is 4.52. The lowest BCUT2D eigenvalue weighted by molar-refractivity contribution is 0.935. The molecule has 0 bridgehead atoms. The van der Waals surface area contributed by atoms with Crippen LogP contribution in [0.4, 0.5) is 5.69 Å². The fraction of sp³-hybridized carbons (Fsp3) is 0.333. The highest BCUT2D eigenvalue weighted by Gasteiger charge is 2.27. The quantitative estimate of drug-likeness (QED) is 0.824. The van der Waals surface area contributed by atoms with Gasteiger partial charge in [0.15, 0.2) is 5.82 Å². The molecule has 3 rings (SSSR count). The maximum Gasteiger partial charge on any atom is 0.181 e. The van der Waals surface area contributed by atoms with Crippen molar-refractivity contribution in [3.8, 4) is 11.4 Å². The molecule has 0 amide bonds. The third-order valence-corrected chi connectivity index (χ3v) is 2.88. The molecule has 82 valence electrons. The van der Waals surface area contributed by atoms with Gasteiger partial charge in [-0.25, -0.2) is 4.98 Å². The van der Waals surface area contributed by atoms with Crippen molar-refractivity contribution in [2.24, 2.45) is 0 Å². The number of H-pyrrole nitrogens is 1. The van der Waals surface area contributed by atoms with E-state index in [1.165, 1.54) is 12.8 Å². The van der Waals surface area contributed by atoms with Gasteiger partial charge in [0, 0.05) is 24.2 Å². The normalized spacial score (nSPS) is 15.1. The number of nitrogens with one attached hydrogen (secondary N) is 2. The van der Waals surface area contributed by atoms with E-state index in [0.29, 0.717) is 5.92 Å². The molecule has 1 aliphatic rings. The van der Waals surface area contributed by atoms with Crippen LogP contribution in [0.25, 0.3) is 11.4 Å². The van der Waals surface area contributed by atoms with Crippen LogP contribution in [0.3, 0.4) is 0 Å². The minimum atomic E-state index is 0.619. The summed E-state index contributed by atoms with van der Waals surface area (Å²) >= 11 is 0. The van der Waals surface area contributed by atoms with E-state index in [9.17, 15) is 0 Å². The van der Waals surface area contributed by atoms with Crippen LogP contribution < -0.4 is 5.32 Å². The van der Waals surface area contributed by atoms with Crippen LogP contribution in [-0.2, 0) is 0 Å². The van der Waals surface area contributed by atoms with Gasteiger partial charge in [0.25, 0.3) is 0 Å². The van der Waals surface area contributed by atoms with E-state index >= 15 is 0 Å². The predicted molar refractivity (Wildman–Crippen MR) is 63.3 cm³/mol. The van der Waals surface area contributed by atoms with E-state index in [1.54, 1.807) is 0 Å². The number of aromatic amines is 1. The van der Waals surface area contributed by atoms with Gasteiger partial charge in [-0.1, -0.05) is 12.1 Å². The third-order valence-electron chi connectivity index (χ3n) is 2.88. The minimum Gasteiger partial charge on any atom is -0.388 e. The molecule has 1 aliphatic carbocycles. The second kappa shape index (κ2) is 3.63. The first-order chi connectivity index (χ1) is 7.86. The Morgan fingerprint density at radius 3 is 3.00 bits per heavy atom. The average Bonchev–Trinajstić information content (AvgIpc) is 3.07. The Bertz CT molecular complexity index is 499. The van der Waals surface area contributed by atoms with Crippen molar-refractivity contribution in [3.63, 3.8) is 0 Å². The summed E-state index contributed by atoms with van der Waals surface area (Å²) in [6.07, 6.45) is 2.48. The van der Waals surface area contributed by atoms with Crippen LogP contribution in [0.2, 0.25) is 0 Å². The van der Waals surface area contributed by atoms with Crippen molar-refractivity contribution in [1.29, 1.82) is 0 Å². The Kier molecular flexibility index (Phi) is 2.13. The highest BCUT2D eigenvalue weighted by atomic mass is 15.2. The molecular formula is C12H14N4. The molecular weight excluding hydrogens is 200 g/mol. The molecule has 16 heavy (non-hydrogen) atoms. The average molecular weight is 214 g/mol. The first kappa shape index (κ1) is 9.39. The van der Waals surface area contributed by atoms with Gasteiger partial charge in [0.2, 0.25) is 0 Å². The number of aromatic nitrogens is 3. The van der Waals surface area contributed by atoms with Crippen LogP contribution in [-0.4, -0.2) is 22.2 Å². The van der Waals surface area contributed by atoms with Crippen LogP contribution in [0.5, 0.6) is 0 Å². The molecule has 1 aromatic heterocycles. The number of hydrogen-bond donors (Lipinski definition) is 2. The summed E-state index contributed by atoms with van der Waals surface area (Å²) in [5, 5.41) is 10.4. The Labute approximate surface area is 94.1 Å². The Morgan fingerprint density at radius 2 is 2.25 bits per heavy atom. The molecule has 1 aromatic carbocycles. The van der Waals surface area contributed by atoms with Crippen LogP contribution in [0.1, 0.15) is 24.6 Å². The fourth-order valence-corrected chi connectivity index (χ4v) is 1.76. The van der Waals surface area contributed by atoms with Crippen molar-refractivity contribution in [3.05, 3.63) is 30.1 Å².